The molecule has 30 heavy (non-hydrogen) atoms. The van der Waals surface area contributed by atoms with Gasteiger partial charge in [-0.3, -0.25) is 4.79 Å². The number of ketones is 1. The van der Waals surface area contributed by atoms with Crippen molar-refractivity contribution in [3.8, 4) is 0 Å². The summed E-state index contributed by atoms with van der Waals surface area (Å²) in [5, 5.41) is 7.90. The maximum absolute atomic E-state index is 13.5. The van der Waals surface area contributed by atoms with E-state index in [1.165, 1.54) is 0 Å². The second-order valence-electron chi connectivity index (χ2n) is 7.71. The summed E-state index contributed by atoms with van der Waals surface area (Å²) in [5.41, 5.74) is 5.81. The van der Waals surface area contributed by atoms with Crippen molar-refractivity contribution in [1.29, 1.82) is 0 Å². The Balaban J connectivity index is 1.64. The van der Waals surface area contributed by atoms with Gasteiger partial charge in [0.25, 0.3) is 0 Å². The Bertz CT molecular complexity index is 1170. The molecule has 0 saturated carbocycles. The minimum Gasteiger partial charge on any atom is -0.372 e. The number of carbonyl (C=O) groups is 1. The predicted octanol–water partition coefficient (Wildman–Crippen LogP) is 7.08. The number of halogens is 2. The van der Waals surface area contributed by atoms with Gasteiger partial charge < -0.3 is 10.6 Å². The van der Waals surface area contributed by atoms with Crippen LogP contribution in [0, 0.1) is 0 Å². The van der Waals surface area contributed by atoms with Crippen LogP contribution < -0.4 is 10.6 Å². The molecule has 3 nitrogen and oxygen atoms in total. The molecular weight excluding hydrogens is 460 g/mol. The Kier molecular flexibility index (Phi) is 5.13. The molecule has 1 aliphatic carbocycles. The first-order chi connectivity index (χ1) is 14.6. The molecule has 1 heterocycles. The van der Waals surface area contributed by atoms with Crippen LogP contribution in [0.25, 0.3) is 0 Å². The molecule has 2 atom stereocenters. The average Bonchev–Trinajstić information content (AvgIpc) is 2.91. The van der Waals surface area contributed by atoms with E-state index in [4.69, 9.17) is 11.6 Å². The Morgan fingerprint density at radius 3 is 2.27 bits per heavy atom. The standard InChI is InChI=1S/C25H20BrClN2O/c26-18-9-3-1-8-17(18)25-24-22(28-20-11-5-6-12-21(20)29-25)13-15(14-23(24)30)16-7-2-4-10-19(16)27/h1-12,15,25,28-29H,13-14H2. The van der Waals surface area contributed by atoms with Gasteiger partial charge >= 0.3 is 0 Å². The van der Waals surface area contributed by atoms with Crippen LogP contribution in [0.5, 0.6) is 0 Å². The first kappa shape index (κ1) is 19.4. The van der Waals surface area contributed by atoms with Crippen LogP contribution in [0.3, 0.4) is 0 Å². The summed E-state index contributed by atoms with van der Waals surface area (Å²) in [6.45, 7) is 0. The van der Waals surface area contributed by atoms with Gasteiger partial charge in [0.1, 0.15) is 0 Å². The lowest BCUT2D eigenvalue weighted by Crippen LogP contribution is -2.27. The van der Waals surface area contributed by atoms with Crippen molar-refractivity contribution in [3.63, 3.8) is 0 Å². The van der Waals surface area contributed by atoms with E-state index in [9.17, 15) is 4.79 Å². The van der Waals surface area contributed by atoms with Crippen molar-refractivity contribution in [2.24, 2.45) is 0 Å². The number of hydrogen-bond donors (Lipinski definition) is 2. The molecule has 2 N–H and O–H groups in total. The number of hydrogen-bond acceptors (Lipinski definition) is 3. The molecule has 0 spiro atoms. The third-order valence-corrected chi connectivity index (χ3v) is 6.94. The van der Waals surface area contributed by atoms with Crippen molar-refractivity contribution in [1.82, 2.24) is 0 Å². The fourth-order valence-corrected chi connectivity index (χ4v) is 5.26. The van der Waals surface area contributed by atoms with E-state index in [0.29, 0.717) is 11.4 Å². The van der Waals surface area contributed by atoms with Gasteiger partial charge in [-0.1, -0.05) is 76.1 Å². The molecular formula is C25H20BrClN2O. The largest absolute Gasteiger partial charge is 0.372 e. The fraction of sp³-hybridized carbons (Fsp3) is 0.160. The van der Waals surface area contributed by atoms with E-state index in [-0.39, 0.29) is 17.7 Å². The Morgan fingerprint density at radius 2 is 1.50 bits per heavy atom. The smallest absolute Gasteiger partial charge is 0.163 e. The lowest BCUT2D eigenvalue weighted by atomic mass is 9.78. The van der Waals surface area contributed by atoms with Crippen LogP contribution in [-0.2, 0) is 4.79 Å². The normalized spacial score (nSPS) is 20.5. The zero-order valence-corrected chi connectivity index (χ0v) is 18.5. The van der Waals surface area contributed by atoms with Gasteiger partial charge in [-0.25, -0.2) is 0 Å². The molecule has 0 amide bonds. The first-order valence-electron chi connectivity index (χ1n) is 9.99. The Labute approximate surface area is 189 Å². The fourth-order valence-electron chi connectivity index (χ4n) is 4.46. The average molecular weight is 480 g/mol. The van der Waals surface area contributed by atoms with Crippen molar-refractivity contribution >= 4 is 44.7 Å². The van der Waals surface area contributed by atoms with Crippen LogP contribution in [0.2, 0.25) is 5.02 Å². The summed E-state index contributed by atoms with van der Waals surface area (Å²) < 4.78 is 0.981. The highest BCUT2D eigenvalue weighted by Crippen LogP contribution is 2.46. The molecule has 1 aliphatic heterocycles. The van der Waals surface area contributed by atoms with E-state index in [1.54, 1.807) is 0 Å². The summed E-state index contributed by atoms with van der Waals surface area (Å²) in [4.78, 5) is 13.5. The minimum atomic E-state index is -0.230. The molecule has 0 saturated heterocycles. The number of para-hydroxylation sites is 2. The molecule has 5 rings (SSSR count). The van der Waals surface area contributed by atoms with Crippen molar-refractivity contribution in [2.45, 2.75) is 24.8 Å². The van der Waals surface area contributed by atoms with Crippen molar-refractivity contribution in [3.05, 3.63) is 105 Å². The van der Waals surface area contributed by atoms with Gasteiger partial charge in [0, 0.05) is 27.2 Å². The minimum absolute atomic E-state index is 0.0579. The van der Waals surface area contributed by atoms with Gasteiger partial charge in [0.05, 0.1) is 17.4 Å². The molecule has 5 heteroatoms. The Morgan fingerprint density at radius 1 is 0.833 bits per heavy atom. The van der Waals surface area contributed by atoms with E-state index in [0.717, 1.165) is 44.7 Å². The molecule has 3 aromatic rings. The number of Topliss-reactive ketones (excluding diaryl/α,β-unsaturated/α-hetero) is 1. The third kappa shape index (κ3) is 3.44. The van der Waals surface area contributed by atoms with E-state index < -0.39 is 0 Å². The molecule has 3 aromatic carbocycles. The number of anilines is 2. The predicted molar refractivity (Wildman–Crippen MR) is 126 cm³/mol. The highest BCUT2D eigenvalue weighted by Gasteiger charge is 2.36. The van der Waals surface area contributed by atoms with Crippen LogP contribution in [0.15, 0.2) is 88.5 Å². The quantitative estimate of drug-likeness (QED) is 0.412. The van der Waals surface area contributed by atoms with Gasteiger partial charge in [-0.15, -0.1) is 0 Å². The first-order valence-corrected chi connectivity index (χ1v) is 11.2. The molecule has 2 aliphatic rings. The topological polar surface area (TPSA) is 41.1 Å². The third-order valence-electron chi connectivity index (χ3n) is 5.87. The number of benzene rings is 3. The van der Waals surface area contributed by atoms with E-state index >= 15 is 0 Å². The molecule has 0 bridgehead atoms. The molecule has 0 radical (unpaired) electrons. The number of allylic oxidation sites excluding steroid dienone is 1. The van der Waals surface area contributed by atoms with Crippen LogP contribution >= 0.6 is 27.5 Å². The zero-order chi connectivity index (χ0) is 20.7. The summed E-state index contributed by atoms with van der Waals surface area (Å²) in [5.74, 6) is 0.206. The van der Waals surface area contributed by atoms with Crippen LogP contribution in [0.4, 0.5) is 11.4 Å². The van der Waals surface area contributed by atoms with Crippen molar-refractivity contribution in [2.75, 3.05) is 10.6 Å². The summed E-state index contributed by atoms with van der Waals surface area (Å²) in [7, 11) is 0. The molecule has 0 fully saturated rings. The van der Waals surface area contributed by atoms with Crippen LogP contribution in [-0.4, -0.2) is 5.78 Å². The monoisotopic (exact) mass is 478 g/mol. The maximum Gasteiger partial charge on any atom is 0.163 e. The Hall–Kier alpha value is -2.56. The number of fused-ring (bicyclic) bond motifs is 1. The lowest BCUT2D eigenvalue weighted by Gasteiger charge is -2.30. The number of carbonyl (C=O) groups excluding carboxylic acids is 1. The molecule has 150 valence electrons. The summed E-state index contributed by atoms with van der Waals surface area (Å²) in [6.07, 6.45) is 1.19. The van der Waals surface area contributed by atoms with Crippen LogP contribution in [0.1, 0.15) is 35.9 Å². The molecule has 0 aromatic heterocycles. The maximum atomic E-state index is 13.5. The SMILES string of the molecule is O=C1CC(c2ccccc2Cl)CC2=C1C(c1ccccc1Br)Nc1ccccc1N2. The second kappa shape index (κ2) is 7.93. The highest BCUT2D eigenvalue weighted by molar-refractivity contribution is 9.10. The van der Waals surface area contributed by atoms with Gasteiger partial charge in [0.15, 0.2) is 5.78 Å². The zero-order valence-electron chi connectivity index (χ0n) is 16.2. The molecule has 2 unspecified atom stereocenters. The van der Waals surface area contributed by atoms with Gasteiger partial charge in [-0.05, 0) is 47.7 Å². The summed E-state index contributed by atoms with van der Waals surface area (Å²) >= 11 is 10.2. The lowest BCUT2D eigenvalue weighted by molar-refractivity contribution is -0.116. The van der Waals surface area contributed by atoms with E-state index in [2.05, 4.69) is 32.6 Å². The number of nitrogens with one attached hydrogen (secondary N) is 2. The van der Waals surface area contributed by atoms with Gasteiger partial charge in [-0.2, -0.15) is 0 Å². The van der Waals surface area contributed by atoms with Gasteiger partial charge in [0.2, 0.25) is 0 Å². The van der Waals surface area contributed by atoms with Crippen molar-refractivity contribution < 1.29 is 4.79 Å². The second-order valence-corrected chi connectivity index (χ2v) is 8.97. The number of rotatable bonds is 2. The highest BCUT2D eigenvalue weighted by atomic mass is 79.9. The van der Waals surface area contributed by atoms with E-state index in [1.807, 2.05) is 66.7 Å². The summed E-state index contributed by atoms with van der Waals surface area (Å²) in [6, 6.07) is 23.8.